The monoisotopic (exact) mass is 327 g/mol. The Labute approximate surface area is 141 Å². The van der Waals surface area contributed by atoms with Crippen LogP contribution in [0.1, 0.15) is 16.8 Å². The number of amides is 1. The Morgan fingerprint density at radius 1 is 1.12 bits per heavy atom. The fraction of sp³-hybridized carbons (Fsp3) is 0.389. The molecule has 2 aromatic rings. The molecule has 0 unspecified atom stereocenters. The first-order chi connectivity index (χ1) is 11.6. The number of fused-ring (bicyclic) bond motifs is 1. The minimum Gasteiger partial charge on any atom is -0.462 e. The van der Waals surface area contributed by atoms with Crippen molar-refractivity contribution < 1.29 is 14.3 Å². The van der Waals surface area contributed by atoms with E-state index >= 15 is 0 Å². The van der Waals surface area contributed by atoms with Crippen LogP contribution in [0.4, 0.5) is 0 Å². The van der Waals surface area contributed by atoms with Crippen LogP contribution in [0.3, 0.4) is 0 Å². The van der Waals surface area contributed by atoms with Gasteiger partial charge in [0.2, 0.25) is 5.91 Å². The lowest BCUT2D eigenvalue weighted by Crippen LogP contribution is -2.47. The van der Waals surface area contributed by atoms with Crippen molar-refractivity contribution in [2.24, 2.45) is 0 Å². The number of rotatable bonds is 4. The van der Waals surface area contributed by atoms with E-state index in [4.69, 9.17) is 4.74 Å². The number of hydrogen-bond donors (Lipinski definition) is 0. The maximum absolute atomic E-state index is 12.3. The van der Waals surface area contributed by atoms with Gasteiger partial charge in [-0.1, -0.05) is 18.2 Å². The van der Waals surface area contributed by atoms with Crippen LogP contribution >= 0.6 is 0 Å². The van der Waals surface area contributed by atoms with Crippen molar-refractivity contribution in [2.45, 2.75) is 6.42 Å². The molecule has 6 nitrogen and oxygen atoms in total. The maximum Gasteiger partial charge on any atom is 0.338 e. The fourth-order valence-electron chi connectivity index (χ4n) is 2.80. The van der Waals surface area contributed by atoms with Crippen molar-refractivity contribution in [1.82, 2.24) is 14.8 Å². The molecular weight excluding hydrogens is 306 g/mol. The standard InChI is InChI=1S/C18H21N3O3/c1-20-9-11-21(12-10-20)17(22)7-13-24-18(23)15-6-8-19-16-5-3-2-4-14(15)16/h2-6,8H,7,9-13H2,1H3. The van der Waals surface area contributed by atoms with Crippen LogP contribution in [-0.2, 0) is 9.53 Å². The molecule has 0 radical (unpaired) electrons. The van der Waals surface area contributed by atoms with Crippen LogP contribution in [0.5, 0.6) is 0 Å². The van der Waals surface area contributed by atoms with Crippen molar-refractivity contribution >= 4 is 22.8 Å². The topological polar surface area (TPSA) is 62.7 Å². The summed E-state index contributed by atoms with van der Waals surface area (Å²) < 4.78 is 5.29. The van der Waals surface area contributed by atoms with E-state index in [0.717, 1.165) is 37.1 Å². The molecule has 3 rings (SSSR count). The molecule has 1 aromatic carbocycles. The average Bonchev–Trinajstić information content (AvgIpc) is 2.61. The number of piperazine rings is 1. The number of ether oxygens (including phenoxy) is 1. The normalized spacial score (nSPS) is 15.5. The molecule has 1 fully saturated rings. The molecule has 1 aliphatic rings. The predicted molar refractivity (Wildman–Crippen MR) is 90.7 cm³/mol. The highest BCUT2D eigenvalue weighted by molar-refractivity contribution is 6.03. The van der Waals surface area contributed by atoms with Crippen molar-refractivity contribution in [3.63, 3.8) is 0 Å². The molecule has 0 atom stereocenters. The molecule has 1 amide bonds. The largest absolute Gasteiger partial charge is 0.462 e. The van der Waals surface area contributed by atoms with Gasteiger partial charge in [0.25, 0.3) is 0 Å². The minimum absolute atomic E-state index is 0.0375. The number of likely N-dealkylation sites (N-methyl/N-ethyl adjacent to an activating group) is 1. The van der Waals surface area contributed by atoms with Gasteiger partial charge in [0, 0.05) is 37.8 Å². The summed E-state index contributed by atoms with van der Waals surface area (Å²) in [6.45, 7) is 3.33. The second-order valence-electron chi connectivity index (χ2n) is 5.95. The Morgan fingerprint density at radius 3 is 2.67 bits per heavy atom. The van der Waals surface area contributed by atoms with Crippen LogP contribution in [0.25, 0.3) is 10.9 Å². The second kappa shape index (κ2) is 7.40. The molecule has 1 aliphatic heterocycles. The summed E-state index contributed by atoms with van der Waals surface area (Å²) in [5.41, 5.74) is 1.23. The third-order valence-electron chi connectivity index (χ3n) is 4.27. The van der Waals surface area contributed by atoms with Crippen LogP contribution in [0, 0.1) is 0 Å². The molecule has 1 aromatic heterocycles. The number of carbonyl (C=O) groups excluding carboxylic acids is 2. The number of carbonyl (C=O) groups is 2. The van der Waals surface area contributed by atoms with Gasteiger partial charge in [0.05, 0.1) is 17.5 Å². The number of hydrogen-bond acceptors (Lipinski definition) is 5. The van der Waals surface area contributed by atoms with Crippen LogP contribution in [0.2, 0.25) is 0 Å². The van der Waals surface area contributed by atoms with Crippen LogP contribution < -0.4 is 0 Å². The Morgan fingerprint density at radius 2 is 1.88 bits per heavy atom. The van der Waals surface area contributed by atoms with Gasteiger partial charge in [0.1, 0.15) is 6.61 Å². The molecule has 0 saturated carbocycles. The highest BCUT2D eigenvalue weighted by Gasteiger charge is 2.19. The lowest BCUT2D eigenvalue weighted by molar-refractivity contribution is -0.133. The summed E-state index contributed by atoms with van der Waals surface area (Å²) in [7, 11) is 2.04. The first-order valence-corrected chi connectivity index (χ1v) is 8.12. The summed E-state index contributed by atoms with van der Waals surface area (Å²) in [6, 6.07) is 9.07. The Bertz CT molecular complexity index is 734. The van der Waals surface area contributed by atoms with E-state index in [1.54, 1.807) is 12.3 Å². The van der Waals surface area contributed by atoms with Gasteiger partial charge >= 0.3 is 5.97 Å². The maximum atomic E-state index is 12.3. The van der Waals surface area contributed by atoms with Crippen molar-refractivity contribution in [2.75, 3.05) is 39.8 Å². The minimum atomic E-state index is -0.417. The number of nitrogens with zero attached hydrogens (tertiary/aromatic N) is 3. The number of aromatic nitrogens is 1. The van der Waals surface area contributed by atoms with Gasteiger partial charge in [0.15, 0.2) is 0 Å². The van der Waals surface area contributed by atoms with Gasteiger partial charge in [-0.15, -0.1) is 0 Å². The lowest BCUT2D eigenvalue weighted by Gasteiger charge is -2.32. The molecule has 6 heteroatoms. The third kappa shape index (κ3) is 3.71. The smallest absolute Gasteiger partial charge is 0.338 e. The molecule has 126 valence electrons. The molecule has 0 N–H and O–H groups in total. The number of esters is 1. The summed E-state index contributed by atoms with van der Waals surface area (Å²) >= 11 is 0. The van der Waals surface area contributed by atoms with Gasteiger partial charge < -0.3 is 14.5 Å². The van der Waals surface area contributed by atoms with E-state index in [1.807, 2.05) is 36.2 Å². The fourth-order valence-corrected chi connectivity index (χ4v) is 2.80. The van der Waals surface area contributed by atoms with Crippen LogP contribution in [0.15, 0.2) is 36.5 Å². The van der Waals surface area contributed by atoms with Gasteiger partial charge in [-0.25, -0.2) is 4.79 Å². The van der Waals surface area contributed by atoms with Crippen molar-refractivity contribution in [3.8, 4) is 0 Å². The van der Waals surface area contributed by atoms with E-state index in [1.165, 1.54) is 0 Å². The molecule has 0 bridgehead atoms. The van der Waals surface area contributed by atoms with E-state index in [9.17, 15) is 9.59 Å². The van der Waals surface area contributed by atoms with E-state index < -0.39 is 5.97 Å². The van der Waals surface area contributed by atoms with E-state index in [-0.39, 0.29) is 18.9 Å². The molecule has 1 saturated heterocycles. The molecular formula is C18H21N3O3. The highest BCUT2D eigenvalue weighted by atomic mass is 16.5. The number of para-hydroxylation sites is 1. The first kappa shape index (κ1) is 16.4. The Balaban J connectivity index is 1.55. The zero-order chi connectivity index (χ0) is 16.9. The predicted octanol–water partition coefficient (Wildman–Crippen LogP) is 1.56. The van der Waals surface area contributed by atoms with Crippen molar-refractivity contribution in [3.05, 3.63) is 42.1 Å². The zero-order valence-electron chi connectivity index (χ0n) is 13.8. The zero-order valence-corrected chi connectivity index (χ0v) is 13.8. The van der Waals surface area contributed by atoms with E-state index in [0.29, 0.717) is 5.56 Å². The molecule has 2 heterocycles. The quantitative estimate of drug-likeness (QED) is 0.798. The Kier molecular flexibility index (Phi) is 5.05. The SMILES string of the molecule is CN1CCN(C(=O)CCOC(=O)c2ccnc3ccccc23)CC1. The first-order valence-electron chi connectivity index (χ1n) is 8.12. The average molecular weight is 327 g/mol. The van der Waals surface area contributed by atoms with Crippen molar-refractivity contribution in [1.29, 1.82) is 0 Å². The third-order valence-corrected chi connectivity index (χ3v) is 4.27. The molecule has 0 aliphatic carbocycles. The van der Waals surface area contributed by atoms with Crippen LogP contribution in [-0.4, -0.2) is 66.5 Å². The summed E-state index contributed by atoms with van der Waals surface area (Å²) in [6.07, 6.45) is 1.81. The molecule has 0 spiro atoms. The van der Waals surface area contributed by atoms with E-state index in [2.05, 4.69) is 9.88 Å². The highest BCUT2D eigenvalue weighted by Crippen LogP contribution is 2.17. The number of pyridine rings is 1. The second-order valence-corrected chi connectivity index (χ2v) is 5.95. The van der Waals surface area contributed by atoms with Gasteiger partial charge in [-0.05, 0) is 19.2 Å². The number of benzene rings is 1. The summed E-state index contributed by atoms with van der Waals surface area (Å²) in [4.78, 5) is 32.7. The van der Waals surface area contributed by atoms with Gasteiger partial charge in [-0.3, -0.25) is 9.78 Å². The van der Waals surface area contributed by atoms with Gasteiger partial charge in [-0.2, -0.15) is 0 Å². The lowest BCUT2D eigenvalue weighted by atomic mass is 10.1. The molecule has 24 heavy (non-hydrogen) atoms. The Hall–Kier alpha value is -2.47. The summed E-state index contributed by atoms with van der Waals surface area (Å²) in [5.74, 6) is -0.379. The summed E-state index contributed by atoms with van der Waals surface area (Å²) in [5, 5.41) is 0.760.